The van der Waals surface area contributed by atoms with Crippen LogP contribution in [0.4, 0.5) is 0 Å². The average molecular weight is 298 g/mol. The largest absolute Gasteiger partial charge is 0.339 e. The lowest BCUT2D eigenvalue weighted by atomic mass is 10.2. The molecule has 0 saturated carbocycles. The molecule has 0 aliphatic carbocycles. The number of H-pyrrole nitrogens is 1. The second kappa shape index (κ2) is 5.62. The molecular formula is C12H16ClN5O2. The summed E-state index contributed by atoms with van der Waals surface area (Å²) in [7, 11) is 0. The monoisotopic (exact) mass is 297 g/mol. The Morgan fingerprint density at radius 2 is 2.10 bits per heavy atom. The summed E-state index contributed by atoms with van der Waals surface area (Å²) in [5.41, 5.74) is 0.795. The molecule has 2 aromatic rings. The highest BCUT2D eigenvalue weighted by molar-refractivity contribution is 6.34. The first-order valence-corrected chi connectivity index (χ1v) is 6.62. The minimum atomic E-state index is -0.421. The predicted molar refractivity (Wildman–Crippen MR) is 72.6 cm³/mol. The van der Waals surface area contributed by atoms with Gasteiger partial charge in [0.2, 0.25) is 5.89 Å². The van der Waals surface area contributed by atoms with Crippen molar-refractivity contribution in [2.24, 2.45) is 0 Å². The summed E-state index contributed by atoms with van der Waals surface area (Å²) in [5.74, 6) is 0.732. The van der Waals surface area contributed by atoms with E-state index in [1.165, 1.54) is 0 Å². The van der Waals surface area contributed by atoms with Gasteiger partial charge in [0.25, 0.3) is 5.91 Å². The van der Waals surface area contributed by atoms with Crippen molar-refractivity contribution < 1.29 is 9.32 Å². The molecule has 0 unspecified atom stereocenters. The molecule has 2 aromatic heterocycles. The lowest BCUT2D eigenvalue weighted by Gasteiger charge is -2.08. The zero-order valence-electron chi connectivity index (χ0n) is 11.7. The summed E-state index contributed by atoms with van der Waals surface area (Å²) in [5, 5.41) is 13.4. The molecule has 0 aliphatic rings. The van der Waals surface area contributed by atoms with Crippen LogP contribution in [-0.4, -0.2) is 26.2 Å². The van der Waals surface area contributed by atoms with Crippen LogP contribution in [0.2, 0.25) is 5.02 Å². The van der Waals surface area contributed by atoms with Crippen LogP contribution in [0.1, 0.15) is 60.6 Å². The van der Waals surface area contributed by atoms with E-state index in [4.69, 9.17) is 16.1 Å². The second-order valence-corrected chi connectivity index (χ2v) is 5.23. The van der Waals surface area contributed by atoms with E-state index in [9.17, 15) is 4.79 Å². The Morgan fingerprint density at radius 3 is 2.60 bits per heavy atom. The minimum absolute atomic E-state index is 0.152. The van der Waals surface area contributed by atoms with E-state index < -0.39 is 11.9 Å². The van der Waals surface area contributed by atoms with E-state index in [2.05, 4.69) is 25.7 Å². The van der Waals surface area contributed by atoms with Crippen LogP contribution in [0, 0.1) is 6.92 Å². The highest BCUT2D eigenvalue weighted by atomic mass is 35.5. The van der Waals surface area contributed by atoms with Gasteiger partial charge in [0.15, 0.2) is 11.5 Å². The van der Waals surface area contributed by atoms with Crippen molar-refractivity contribution in [2.45, 2.75) is 39.7 Å². The highest BCUT2D eigenvalue weighted by Gasteiger charge is 2.22. The number of carbonyl (C=O) groups excluding carboxylic acids is 1. The smallest absolute Gasteiger partial charge is 0.273 e. The molecule has 1 atom stereocenters. The number of carbonyl (C=O) groups is 1. The third-order valence-electron chi connectivity index (χ3n) is 2.78. The van der Waals surface area contributed by atoms with Gasteiger partial charge in [-0.25, -0.2) is 0 Å². The van der Waals surface area contributed by atoms with E-state index in [-0.39, 0.29) is 11.6 Å². The van der Waals surface area contributed by atoms with Crippen molar-refractivity contribution in [1.82, 2.24) is 25.7 Å². The number of aryl methyl sites for hydroxylation is 1. The number of amides is 1. The summed E-state index contributed by atoms with van der Waals surface area (Å²) in [6.07, 6.45) is 0. The highest BCUT2D eigenvalue weighted by Crippen LogP contribution is 2.19. The van der Waals surface area contributed by atoms with Crippen LogP contribution in [0.25, 0.3) is 0 Å². The van der Waals surface area contributed by atoms with Crippen LogP contribution in [-0.2, 0) is 0 Å². The number of halogens is 1. The van der Waals surface area contributed by atoms with Gasteiger partial charge in [-0.3, -0.25) is 9.89 Å². The maximum atomic E-state index is 12.0. The van der Waals surface area contributed by atoms with E-state index >= 15 is 0 Å². The van der Waals surface area contributed by atoms with Gasteiger partial charge in [0, 0.05) is 5.92 Å². The van der Waals surface area contributed by atoms with Gasteiger partial charge in [-0.05, 0) is 13.8 Å². The number of hydrogen-bond acceptors (Lipinski definition) is 5. The topological polar surface area (TPSA) is 96.7 Å². The first-order valence-electron chi connectivity index (χ1n) is 6.25. The maximum absolute atomic E-state index is 12.0. The molecule has 7 nitrogen and oxygen atoms in total. The van der Waals surface area contributed by atoms with Crippen molar-refractivity contribution >= 4 is 17.5 Å². The Kier molecular flexibility index (Phi) is 4.08. The quantitative estimate of drug-likeness (QED) is 0.903. The molecule has 0 spiro atoms. The summed E-state index contributed by atoms with van der Waals surface area (Å²) in [6, 6.07) is -0.421. The first kappa shape index (κ1) is 14.5. The Bertz CT molecular complexity index is 619. The molecule has 0 aromatic carbocycles. The van der Waals surface area contributed by atoms with Gasteiger partial charge < -0.3 is 9.84 Å². The van der Waals surface area contributed by atoms with E-state index in [1.807, 2.05) is 13.8 Å². The number of nitrogens with one attached hydrogen (secondary N) is 2. The lowest BCUT2D eigenvalue weighted by Crippen LogP contribution is -2.27. The van der Waals surface area contributed by atoms with Crippen molar-refractivity contribution in [3.8, 4) is 0 Å². The average Bonchev–Trinajstić information content (AvgIpc) is 2.98. The zero-order chi connectivity index (χ0) is 14.9. The molecule has 1 amide bonds. The second-order valence-electron chi connectivity index (χ2n) is 4.85. The molecule has 0 bridgehead atoms. The van der Waals surface area contributed by atoms with E-state index in [1.54, 1.807) is 13.8 Å². The molecule has 2 N–H and O–H groups in total. The Labute approximate surface area is 121 Å². The number of hydrogen-bond donors (Lipinski definition) is 2. The zero-order valence-corrected chi connectivity index (χ0v) is 12.4. The molecule has 8 heteroatoms. The molecular weight excluding hydrogens is 282 g/mol. The van der Waals surface area contributed by atoms with E-state index in [0.29, 0.717) is 22.4 Å². The van der Waals surface area contributed by atoms with Crippen molar-refractivity contribution in [3.05, 3.63) is 28.1 Å². The molecule has 20 heavy (non-hydrogen) atoms. The molecule has 108 valence electrons. The summed E-state index contributed by atoms with van der Waals surface area (Å²) in [6.45, 7) is 7.42. The third kappa shape index (κ3) is 2.82. The Morgan fingerprint density at radius 1 is 1.40 bits per heavy atom. The van der Waals surface area contributed by atoms with Gasteiger partial charge in [-0.2, -0.15) is 10.1 Å². The molecule has 0 radical (unpaired) electrons. The maximum Gasteiger partial charge on any atom is 0.273 e. The number of nitrogens with zero attached hydrogens (tertiary/aromatic N) is 3. The Balaban J connectivity index is 2.09. The predicted octanol–water partition coefficient (Wildman–Crippen LogP) is 2.37. The van der Waals surface area contributed by atoms with Crippen molar-refractivity contribution in [1.29, 1.82) is 0 Å². The molecule has 0 saturated heterocycles. The van der Waals surface area contributed by atoms with Crippen LogP contribution in [0.15, 0.2) is 4.52 Å². The minimum Gasteiger partial charge on any atom is -0.339 e. The van der Waals surface area contributed by atoms with Gasteiger partial charge in [0.05, 0.1) is 10.7 Å². The number of rotatable bonds is 4. The SMILES string of the molecule is Cc1[nH]nc(C(=O)N[C@H](C)c2nc(C(C)C)no2)c1Cl. The van der Waals surface area contributed by atoms with E-state index in [0.717, 1.165) is 0 Å². The van der Waals surface area contributed by atoms with Crippen LogP contribution < -0.4 is 5.32 Å². The van der Waals surface area contributed by atoms with Gasteiger partial charge in [0.1, 0.15) is 6.04 Å². The van der Waals surface area contributed by atoms with Crippen LogP contribution >= 0.6 is 11.6 Å². The molecule has 0 fully saturated rings. The van der Waals surface area contributed by atoms with Gasteiger partial charge in [-0.15, -0.1) is 0 Å². The fourth-order valence-corrected chi connectivity index (χ4v) is 1.72. The number of aromatic amines is 1. The van der Waals surface area contributed by atoms with Gasteiger partial charge >= 0.3 is 0 Å². The number of aromatic nitrogens is 4. The van der Waals surface area contributed by atoms with Crippen LogP contribution in [0.3, 0.4) is 0 Å². The normalized spacial score (nSPS) is 12.7. The molecule has 2 heterocycles. The fourth-order valence-electron chi connectivity index (χ4n) is 1.55. The molecule has 2 rings (SSSR count). The van der Waals surface area contributed by atoms with Gasteiger partial charge in [-0.1, -0.05) is 30.6 Å². The first-order chi connectivity index (χ1) is 9.40. The van der Waals surface area contributed by atoms with Crippen LogP contribution in [0.5, 0.6) is 0 Å². The molecule has 0 aliphatic heterocycles. The summed E-state index contributed by atoms with van der Waals surface area (Å²) >= 11 is 5.97. The fraction of sp³-hybridized carbons (Fsp3) is 0.500. The standard InChI is InChI=1S/C12H16ClN5O2/c1-5(2)10-15-12(20-18-10)7(4)14-11(19)9-8(13)6(3)16-17-9/h5,7H,1-4H3,(H,14,19)(H,16,17)/t7-/m1/s1. The van der Waals surface area contributed by atoms with Crippen molar-refractivity contribution in [2.75, 3.05) is 0 Å². The van der Waals surface area contributed by atoms with Crippen molar-refractivity contribution in [3.63, 3.8) is 0 Å². The summed E-state index contributed by atoms with van der Waals surface area (Å²) in [4.78, 5) is 16.3. The summed E-state index contributed by atoms with van der Waals surface area (Å²) < 4.78 is 5.12. The third-order valence-corrected chi connectivity index (χ3v) is 3.24. The Hall–Kier alpha value is -1.89. The lowest BCUT2D eigenvalue weighted by molar-refractivity contribution is 0.0927.